The highest BCUT2D eigenvalue weighted by Crippen LogP contribution is 2.49. The second-order valence-electron chi connectivity index (χ2n) is 5.91. The number of thioether (sulfide) groups is 2. The van der Waals surface area contributed by atoms with E-state index in [1.54, 1.807) is 12.1 Å². The fourth-order valence-corrected chi connectivity index (χ4v) is 5.70. The summed E-state index contributed by atoms with van der Waals surface area (Å²) in [4.78, 5) is 10.3. The third-order valence-electron chi connectivity index (χ3n) is 3.50. The van der Waals surface area contributed by atoms with E-state index >= 15 is 0 Å². The SMILES string of the molecule is CC(C)(C)C1CSC(c2ccc([N+](=O)[O-])cc2)SC1. The zero-order valence-corrected chi connectivity index (χ0v) is 13.1. The molecule has 104 valence electrons. The van der Waals surface area contributed by atoms with E-state index < -0.39 is 0 Å². The summed E-state index contributed by atoms with van der Waals surface area (Å²) in [6, 6.07) is 6.99. The molecule has 0 amide bonds. The standard InChI is InChI=1S/C14H19NO2S2/c1-14(2,3)11-8-18-13(19-9-11)10-4-6-12(7-5-10)15(16)17/h4-7,11,13H,8-9H2,1-3H3. The number of hydrogen-bond acceptors (Lipinski definition) is 4. The molecule has 1 aromatic carbocycles. The lowest BCUT2D eigenvalue weighted by Crippen LogP contribution is -2.27. The number of nitrogens with zero attached hydrogens (tertiary/aromatic N) is 1. The van der Waals surface area contributed by atoms with Gasteiger partial charge in [0.15, 0.2) is 0 Å². The maximum absolute atomic E-state index is 10.6. The van der Waals surface area contributed by atoms with Crippen LogP contribution in [0.5, 0.6) is 0 Å². The van der Waals surface area contributed by atoms with Crippen LogP contribution in [0, 0.1) is 21.4 Å². The molecule has 0 spiro atoms. The molecule has 2 rings (SSSR count). The van der Waals surface area contributed by atoms with Crippen LogP contribution >= 0.6 is 23.5 Å². The highest BCUT2D eigenvalue weighted by Gasteiger charge is 2.31. The maximum Gasteiger partial charge on any atom is 0.269 e. The van der Waals surface area contributed by atoms with Crippen molar-refractivity contribution in [1.29, 1.82) is 0 Å². The molecule has 0 aromatic heterocycles. The molecule has 0 radical (unpaired) electrons. The van der Waals surface area contributed by atoms with Crippen LogP contribution in [0.15, 0.2) is 24.3 Å². The summed E-state index contributed by atoms with van der Waals surface area (Å²) in [5, 5.41) is 10.6. The molecule has 0 atom stereocenters. The topological polar surface area (TPSA) is 43.1 Å². The van der Waals surface area contributed by atoms with Gasteiger partial charge in [-0.1, -0.05) is 32.9 Å². The molecule has 3 nitrogen and oxygen atoms in total. The zero-order valence-electron chi connectivity index (χ0n) is 11.5. The van der Waals surface area contributed by atoms with Gasteiger partial charge in [0, 0.05) is 12.1 Å². The molecule has 1 saturated heterocycles. The lowest BCUT2D eigenvalue weighted by Gasteiger charge is -2.36. The first kappa shape index (κ1) is 14.7. The molecular weight excluding hydrogens is 278 g/mol. The van der Waals surface area contributed by atoms with E-state index in [9.17, 15) is 10.1 Å². The Kier molecular flexibility index (Phi) is 4.46. The van der Waals surface area contributed by atoms with Gasteiger partial charge in [-0.15, -0.1) is 23.5 Å². The van der Waals surface area contributed by atoms with Gasteiger partial charge in [-0.25, -0.2) is 0 Å². The molecule has 1 heterocycles. The van der Waals surface area contributed by atoms with Crippen molar-refractivity contribution in [2.45, 2.75) is 25.4 Å². The summed E-state index contributed by atoms with van der Waals surface area (Å²) in [5.74, 6) is 3.06. The van der Waals surface area contributed by atoms with Crippen LogP contribution in [0.25, 0.3) is 0 Å². The number of nitro groups is 1. The van der Waals surface area contributed by atoms with Gasteiger partial charge < -0.3 is 0 Å². The van der Waals surface area contributed by atoms with E-state index in [-0.39, 0.29) is 10.6 Å². The van der Waals surface area contributed by atoms with Crippen molar-refractivity contribution in [3.05, 3.63) is 39.9 Å². The van der Waals surface area contributed by atoms with E-state index in [4.69, 9.17) is 0 Å². The highest BCUT2D eigenvalue weighted by atomic mass is 32.2. The van der Waals surface area contributed by atoms with Gasteiger partial charge in [0.2, 0.25) is 0 Å². The Labute approximate surface area is 122 Å². The molecule has 1 aromatic rings. The maximum atomic E-state index is 10.6. The van der Waals surface area contributed by atoms with Crippen LogP contribution < -0.4 is 0 Å². The third-order valence-corrected chi connectivity index (χ3v) is 6.65. The fraction of sp³-hybridized carbons (Fsp3) is 0.571. The lowest BCUT2D eigenvalue weighted by atomic mass is 9.83. The number of benzene rings is 1. The molecule has 1 aliphatic heterocycles. The van der Waals surface area contributed by atoms with Crippen LogP contribution in [-0.4, -0.2) is 16.4 Å². The average Bonchev–Trinajstić information content (AvgIpc) is 2.38. The van der Waals surface area contributed by atoms with Crippen LogP contribution in [-0.2, 0) is 0 Å². The van der Waals surface area contributed by atoms with Crippen molar-refractivity contribution in [2.75, 3.05) is 11.5 Å². The van der Waals surface area contributed by atoms with E-state index in [2.05, 4.69) is 20.8 Å². The Bertz CT molecular complexity index is 446. The quantitative estimate of drug-likeness (QED) is 0.584. The van der Waals surface area contributed by atoms with Gasteiger partial charge >= 0.3 is 0 Å². The summed E-state index contributed by atoms with van der Waals surface area (Å²) in [5.41, 5.74) is 1.72. The Hall–Kier alpha value is -0.680. The number of nitro benzene ring substituents is 1. The molecule has 5 heteroatoms. The van der Waals surface area contributed by atoms with E-state index in [0.717, 1.165) is 17.4 Å². The van der Waals surface area contributed by atoms with Crippen molar-refractivity contribution in [1.82, 2.24) is 0 Å². The Morgan fingerprint density at radius 2 is 1.68 bits per heavy atom. The molecule has 0 bridgehead atoms. The van der Waals surface area contributed by atoms with Crippen molar-refractivity contribution < 1.29 is 4.92 Å². The molecule has 0 N–H and O–H groups in total. The summed E-state index contributed by atoms with van der Waals surface area (Å²) in [6.07, 6.45) is 0. The normalized spacial score (nSPS) is 24.2. The third kappa shape index (κ3) is 3.66. The monoisotopic (exact) mass is 297 g/mol. The predicted octanol–water partition coefficient (Wildman–Crippen LogP) is 4.74. The first-order valence-electron chi connectivity index (χ1n) is 6.35. The predicted molar refractivity (Wildman–Crippen MR) is 83.7 cm³/mol. The van der Waals surface area contributed by atoms with Crippen molar-refractivity contribution in [3.8, 4) is 0 Å². The minimum absolute atomic E-state index is 0.169. The van der Waals surface area contributed by atoms with Gasteiger partial charge in [-0.2, -0.15) is 0 Å². The first-order valence-corrected chi connectivity index (χ1v) is 8.45. The minimum atomic E-state index is -0.347. The van der Waals surface area contributed by atoms with Gasteiger partial charge in [0.25, 0.3) is 5.69 Å². The molecule has 1 aliphatic rings. The minimum Gasteiger partial charge on any atom is -0.258 e. The van der Waals surface area contributed by atoms with Crippen molar-refractivity contribution in [2.24, 2.45) is 11.3 Å². The number of non-ortho nitro benzene ring substituents is 1. The van der Waals surface area contributed by atoms with E-state index in [1.807, 2.05) is 35.7 Å². The lowest BCUT2D eigenvalue weighted by molar-refractivity contribution is -0.384. The second kappa shape index (κ2) is 5.75. The highest BCUT2D eigenvalue weighted by molar-refractivity contribution is 8.16. The molecule has 0 saturated carbocycles. The molecular formula is C14H19NO2S2. The van der Waals surface area contributed by atoms with Crippen LogP contribution in [0.4, 0.5) is 5.69 Å². The smallest absolute Gasteiger partial charge is 0.258 e. The summed E-state index contributed by atoms with van der Waals surface area (Å²) >= 11 is 3.92. The van der Waals surface area contributed by atoms with Crippen molar-refractivity contribution >= 4 is 29.2 Å². The summed E-state index contributed by atoms with van der Waals surface area (Å²) < 4.78 is 0.416. The molecule has 0 unspecified atom stereocenters. The van der Waals surface area contributed by atoms with Crippen molar-refractivity contribution in [3.63, 3.8) is 0 Å². The first-order chi connectivity index (χ1) is 8.88. The molecule has 1 fully saturated rings. The average molecular weight is 297 g/mol. The summed E-state index contributed by atoms with van der Waals surface area (Å²) in [7, 11) is 0. The number of rotatable bonds is 2. The largest absolute Gasteiger partial charge is 0.269 e. The van der Waals surface area contributed by atoms with Gasteiger partial charge in [-0.05, 0) is 28.4 Å². The Balaban J connectivity index is 2.00. The van der Waals surface area contributed by atoms with Crippen LogP contribution in [0.2, 0.25) is 0 Å². The molecule has 19 heavy (non-hydrogen) atoms. The van der Waals surface area contributed by atoms with Crippen LogP contribution in [0.1, 0.15) is 30.9 Å². The van der Waals surface area contributed by atoms with E-state index in [0.29, 0.717) is 10.00 Å². The Morgan fingerprint density at radius 1 is 1.16 bits per heavy atom. The fourth-order valence-electron chi connectivity index (χ4n) is 1.95. The second-order valence-corrected chi connectivity index (χ2v) is 8.48. The summed E-state index contributed by atoms with van der Waals surface area (Å²) in [6.45, 7) is 6.89. The number of hydrogen-bond donors (Lipinski definition) is 0. The van der Waals surface area contributed by atoms with Gasteiger partial charge in [0.05, 0.1) is 9.51 Å². The van der Waals surface area contributed by atoms with Gasteiger partial charge in [0.1, 0.15) is 0 Å². The van der Waals surface area contributed by atoms with Gasteiger partial charge in [-0.3, -0.25) is 10.1 Å². The molecule has 0 aliphatic carbocycles. The Morgan fingerprint density at radius 3 is 2.11 bits per heavy atom. The van der Waals surface area contributed by atoms with E-state index in [1.165, 1.54) is 5.56 Å². The van der Waals surface area contributed by atoms with Crippen LogP contribution in [0.3, 0.4) is 0 Å². The zero-order chi connectivity index (χ0) is 14.0.